The van der Waals surface area contributed by atoms with E-state index in [9.17, 15) is 14.9 Å². The number of halogens is 1. The van der Waals surface area contributed by atoms with Gasteiger partial charge in [0.15, 0.2) is 0 Å². The van der Waals surface area contributed by atoms with Crippen LogP contribution in [0.2, 0.25) is 5.02 Å². The van der Waals surface area contributed by atoms with Crippen molar-refractivity contribution in [2.75, 3.05) is 16.4 Å². The van der Waals surface area contributed by atoms with E-state index in [1.165, 1.54) is 11.8 Å². The van der Waals surface area contributed by atoms with E-state index in [4.69, 9.17) is 11.6 Å². The molecule has 1 heterocycles. The minimum atomic E-state index is -0.704. The van der Waals surface area contributed by atoms with Crippen LogP contribution in [0.15, 0.2) is 101 Å². The number of aryl methyl sites for hydroxylation is 1. The topological polar surface area (TPSA) is 94.0 Å². The van der Waals surface area contributed by atoms with Crippen molar-refractivity contribution in [2.24, 2.45) is 0 Å². The Balaban J connectivity index is 1.64. The van der Waals surface area contributed by atoms with Gasteiger partial charge in [-0.1, -0.05) is 84.9 Å². The van der Waals surface area contributed by atoms with E-state index < -0.39 is 5.92 Å². The van der Waals surface area contributed by atoms with Gasteiger partial charge in [0.25, 0.3) is 5.91 Å². The first-order chi connectivity index (χ1) is 18.4. The van der Waals surface area contributed by atoms with E-state index in [-0.39, 0.29) is 17.6 Å². The van der Waals surface area contributed by atoms with Gasteiger partial charge in [-0.15, -0.1) is 0 Å². The average Bonchev–Trinajstić information content (AvgIpc) is 2.92. The molecule has 3 aromatic carbocycles. The summed E-state index contributed by atoms with van der Waals surface area (Å²) in [4.78, 5) is 26.3. The molecule has 2 amide bonds. The van der Waals surface area contributed by atoms with Gasteiger partial charge in [-0.25, -0.2) is 0 Å². The molecule has 0 saturated heterocycles. The molecule has 0 saturated carbocycles. The Hall–Kier alpha value is -3.99. The van der Waals surface area contributed by atoms with Crippen molar-refractivity contribution in [3.63, 3.8) is 0 Å². The second-order valence-corrected chi connectivity index (χ2v) is 10.0. The lowest BCUT2D eigenvalue weighted by molar-refractivity contribution is -0.114. The molecule has 1 aliphatic heterocycles. The van der Waals surface area contributed by atoms with Gasteiger partial charge in [0.2, 0.25) is 5.91 Å². The fourth-order valence-electron chi connectivity index (χ4n) is 4.34. The highest BCUT2D eigenvalue weighted by Crippen LogP contribution is 2.43. The molecule has 0 spiro atoms. The lowest BCUT2D eigenvalue weighted by atomic mass is 9.82. The molecule has 0 aromatic heterocycles. The van der Waals surface area contributed by atoms with Crippen LogP contribution in [-0.2, 0) is 16.0 Å². The molecule has 3 aromatic rings. The molecule has 6 nitrogen and oxygen atoms in total. The van der Waals surface area contributed by atoms with Crippen LogP contribution in [0.3, 0.4) is 0 Å². The van der Waals surface area contributed by atoms with Gasteiger partial charge < -0.3 is 16.0 Å². The van der Waals surface area contributed by atoms with E-state index in [0.717, 1.165) is 17.7 Å². The zero-order valence-corrected chi connectivity index (χ0v) is 22.6. The molecule has 3 N–H and O–H groups in total. The number of nitrogens with zero attached hydrogens (tertiary/aromatic N) is 1. The fraction of sp³-hybridized carbons (Fsp3) is 0.167. The number of hydrogen-bond acceptors (Lipinski definition) is 5. The van der Waals surface area contributed by atoms with Gasteiger partial charge in [0.1, 0.15) is 0 Å². The van der Waals surface area contributed by atoms with Crippen LogP contribution in [0.25, 0.3) is 0 Å². The van der Waals surface area contributed by atoms with Crippen LogP contribution >= 0.6 is 23.4 Å². The Bertz CT molecular complexity index is 1460. The van der Waals surface area contributed by atoms with Crippen LogP contribution < -0.4 is 16.0 Å². The normalized spacial score (nSPS) is 14.9. The summed E-state index contributed by atoms with van der Waals surface area (Å²) in [6.45, 7) is 3.82. The van der Waals surface area contributed by atoms with Crippen molar-refractivity contribution in [2.45, 2.75) is 26.2 Å². The van der Waals surface area contributed by atoms with Gasteiger partial charge in [-0.3, -0.25) is 9.59 Å². The molecule has 38 heavy (non-hydrogen) atoms. The maximum absolute atomic E-state index is 13.5. The lowest BCUT2D eigenvalue weighted by Crippen LogP contribution is -2.31. The molecule has 0 aliphatic carbocycles. The van der Waals surface area contributed by atoms with Crippen molar-refractivity contribution in [1.29, 1.82) is 5.26 Å². The second kappa shape index (κ2) is 12.5. The van der Waals surface area contributed by atoms with Crippen LogP contribution in [0.4, 0.5) is 11.4 Å². The number of benzene rings is 3. The summed E-state index contributed by atoms with van der Waals surface area (Å²) in [5.41, 5.74) is 4.41. The van der Waals surface area contributed by atoms with Gasteiger partial charge in [-0.05, 0) is 48.7 Å². The Morgan fingerprint density at radius 2 is 1.68 bits per heavy atom. The highest BCUT2D eigenvalue weighted by Gasteiger charge is 2.36. The second-order valence-electron chi connectivity index (χ2n) is 8.64. The molecule has 4 rings (SSSR count). The maximum atomic E-state index is 13.5. The van der Waals surface area contributed by atoms with E-state index in [1.54, 1.807) is 31.2 Å². The van der Waals surface area contributed by atoms with E-state index in [0.29, 0.717) is 38.1 Å². The number of hydrogen-bond donors (Lipinski definition) is 3. The average molecular weight is 543 g/mol. The number of dihydropyridines is 1. The number of rotatable bonds is 8. The first-order valence-corrected chi connectivity index (χ1v) is 13.5. The van der Waals surface area contributed by atoms with E-state index in [1.807, 2.05) is 61.5 Å². The predicted molar refractivity (Wildman–Crippen MR) is 155 cm³/mol. The Morgan fingerprint density at radius 3 is 2.39 bits per heavy atom. The molecule has 1 aliphatic rings. The van der Waals surface area contributed by atoms with Gasteiger partial charge in [-0.2, -0.15) is 5.26 Å². The third kappa shape index (κ3) is 6.10. The first-order valence-electron chi connectivity index (χ1n) is 12.2. The summed E-state index contributed by atoms with van der Waals surface area (Å²) < 4.78 is 0. The standard InChI is InChI=1S/C30H27ClN4O2S/c1-3-20-11-7-10-16-25(20)35-26(36)18-38-30-23(17-32)28(22-14-8-9-15-24(22)31)27(19(2)33-30)29(37)34-21-12-5-4-6-13-21/h4-16,28,33H,3,18H2,1-2H3,(H,34,37)(H,35,36)/t28-/m0/s1. The molecule has 192 valence electrons. The molecule has 0 bridgehead atoms. The number of amides is 2. The van der Waals surface area contributed by atoms with Crippen LogP contribution in [0.5, 0.6) is 0 Å². The summed E-state index contributed by atoms with van der Waals surface area (Å²) in [5, 5.41) is 20.3. The minimum Gasteiger partial charge on any atom is -0.353 e. The Labute approximate surface area is 231 Å². The van der Waals surface area contributed by atoms with E-state index in [2.05, 4.69) is 22.0 Å². The summed E-state index contributed by atoms with van der Waals surface area (Å²) in [7, 11) is 0. The number of nitrogens with one attached hydrogen (secondary N) is 3. The van der Waals surface area contributed by atoms with Crippen molar-refractivity contribution >= 4 is 46.6 Å². The van der Waals surface area contributed by atoms with Crippen molar-refractivity contribution in [1.82, 2.24) is 5.32 Å². The zero-order chi connectivity index (χ0) is 27.1. The Kier molecular flexibility index (Phi) is 8.90. The number of allylic oxidation sites excluding steroid dienone is 2. The number of carbonyl (C=O) groups is 2. The van der Waals surface area contributed by atoms with Crippen LogP contribution in [0.1, 0.15) is 30.9 Å². The molecule has 0 radical (unpaired) electrons. The molecule has 0 fully saturated rings. The minimum absolute atomic E-state index is 0.0830. The number of anilines is 2. The number of para-hydroxylation sites is 2. The zero-order valence-electron chi connectivity index (χ0n) is 21.0. The van der Waals surface area contributed by atoms with Gasteiger partial charge in [0, 0.05) is 27.7 Å². The molecular formula is C30H27ClN4O2S. The van der Waals surface area contributed by atoms with Gasteiger partial charge in [0.05, 0.1) is 28.3 Å². The van der Waals surface area contributed by atoms with Gasteiger partial charge >= 0.3 is 0 Å². The monoisotopic (exact) mass is 542 g/mol. The maximum Gasteiger partial charge on any atom is 0.254 e. The lowest BCUT2D eigenvalue weighted by Gasteiger charge is -2.30. The predicted octanol–water partition coefficient (Wildman–Crippen LogP) is 6.61. The van der Waals surface area contributed by atoms with E-state index >= 15 is 0 Å². The molecule has 8 heteroatoms. The van der Waals surface area contributed by atoms with Crippen molar-refractivity contribution in [3.05, 3.63) is 117 Å². The third-order valence-corrected chi connectivity index (χ3v) is 7.52. The summed E-state index contributed by atoms with van der Waals surface area (Å²) >= 11 is 7.80. The largest absolute Gasteiger partial charge is 0.353 e. The summed E-state index contributed by atoms with van der Waals surface area (Å²) in [6.07, 6.45) is 0.798. The highest BCUT2D eigenvalue weighted by molar-refractivity contribution is 8.03. The number of carbonyl (C=O) groups excluding carboxylic acids is 2. The van der Waals surface area contributed by atoms with Crippen LogP contribution in [-0.4, -0.2) is 17.6 Å². The Morgan fingerprint density at radius 1 is 1.00 bits per heavy atom. The SMILES string of the molecule is CCc1ccccc1NC(=O)CSC1=C(C#N)[C@H](c2ccccc2Cl)C(C(=O)Nc2ccccc2)=C(C)N1. The molecule has 1 atom stereocenters. The fourth-order valence-corrected chi connectivity index (χ4v) is 5.48. The smallest absolute Gasteiger partial charge is 0.254 e. The van der Waals surface area contributed by atoms with Crippen molar-refractivity contribution in [3.8, 4) is 6.07 Å². The van der Waals surface area contributed by atoms with Crippen LogP contribution in [0, 0.1) is 11.3 Å². The number of thioether (sulfide) groups is 1. The number of nitriles is 1. The molecule has 0 unspecified atom stereocenters. The molecular weight excluding hydrogens is 516 g/mol. The summed E-state index contributed by atoms with van der Waals surface area (Å²) in [5.74, 6) is -1.15. The first kappa shape index (κ1) is 27.1. The highest BCUT2D eigenvalue weighted by atomic mass is 35.5. The van der Waals surface area contributed by atoms with Crippen molar-refractivity contribution < 1.29 is 9.59 Å². The quantitative estimate of drug-likeness (QED) is 0.298. The summed E-state index contributed by atoms with van der Waals surface area (Å²) in [6, 6.07) is 26.3. The third-order valence-electron chi connectivity index (χ3n) is 6.16.